The molecule has 0 spiro atoms. The molecule has 23 heavy (non-hydrogen) atoms. The van der Waals surface area contributed by atoms with Crippen LogP contribution in [-0.4, -0.2) is 18.8 Å². The third-order valence-corrected chi connectivity index (χ3v) is 3.93. The van der Waals surface area contributed by atoms with Gasteiger partial charge in [0, 0.05) is 11.4 Å². The molecule has 0 amide bonds. The molecule has 6 heteroatoms. The Morgan fingerprint density at radius 1 is 1.22 bits per heavy atom. The van der Waals surface area contributed by atoms with Crippen molar-refractivity contribution in [3.63, 3.8) is 0 Å². The lowest BCUT2D eigenvalue weighted by Crippen LogP contribution is -2.18. The highest BCUT2D eigenvalue weighted by Crippen LogP contribution is 2.35. The van der Waals surface area contributed by atoms with E-state index in [9.17, 15) is 9.18 Å². The normalized spacial score (nSPS) is 17.1. The van der Waals surface area contributed by atoms with Crippen LogP contribution in [0.5, 0.6) is 0 Å². The van der Waals surface area contributed by atoms with Crippen molar-refractivity contribution in [2.45, 2.75) is 12.5 Å². The first-order chi connectivity index (χ1) is 11.1. The minimum atomic E-state index is -0.464. The maximum absolute atomic E-state index is 13.2. The van der Waals surface area contributed by atoms with Crippen LogP contribution >= 0.6 is 11.6 Å². The Balaban J connectivity index is 1.98. The van der Waals surface area contributed by atoms with Crippen LogP contribution < -0.4 is 5.01 Å². The van der Waals surface area contributed by atoms with Crippen molar-refractivity contribution in [1.82, 2.24) is 0 Å². The highest BCUT2D eigenvalue weighted by Gasteiger charge is 2.32. The molecule has 0 fully saturated rings. The van der Waals surface area contributed by atoms with Crippen molar-refractivity contribution in [2.24, 2.45) is 5.10 Å². The van der Waals surface area contributed by atoms with Gasteiger partial charge in [0.25, 0.3) is 0 Å². The number of halogens is 2. The number of anilines is 1. The summed E-state index contributed by atoms with van der Waals surface area (Å²) in [4.78, 5) is 11.8. The zero-order chi connectivity index (χ0) is 16.4. The van der Waals surface area contributed by atoms with Crippen molar-refractivity contribution < 1.29 is 13.9 Å². The van der Waals surface area contributed by atoms with Gasteiger partial charge in [-0.25, -0.2) is 9.18 Å². The first-order valence-corrected chi connectivity index (χ1v) is 7.42. The van der Waals surface area contributed by atoms with Crippen LogP contribution in [0.3, 0.4) is 0 Å². The van der Waals surface area contributed by atoms with E-state index in [-0.39, 0.29) is 11.9 Å². The number of nitrogens with zero attached hydrogens (tertiary/aromatic N) is 2. The summed E-state index contributed by atoms with van der Waals surface area (Å²) in [6.07, 6.45) is 0.390. The quantitative estimate of drug-likeness (QED) is 0.799. The zero-order valence-corrected chi connectivity index (χ0v) is 13.1. The number of hydrogen-bond acceptors (Lipinski definition) is 4. The number of carbonyl (C=O) groups is 1. The zero-order valence-electron chi connectivity index (χ0n) is 12.4. The van der Waals surface area contributed by atoms with E-state index in [4.69, 9.17) is 16.3 Å². The molecule has 1 aliphatic rings. The van der Waals surface area contributed by atoms with Crippen molar-refractivity contribution in [2.75, 3.05) is 12.1 Å². The van der Waals surface area contributed by atoms with Gasteiger partial charge in [0.15, 0.2) is 0 Å². The van der Waals surface area contributed by atoms with Crippen LogP contribution in [-0.2, 0) is 9.53 Å². The number of carbonyl (C=O) groups excluding carboxylic acids is 1. The second-order valence-electron chi connectivity index (χ2n) is 5.13. The Bertz CT molecular complexity index is 744. The fourth-order valence-electron chi connectivity index (χ4n) is 2.53. The summed E-state index contributed by atoms with van der Waals surface area (Å²) < 4.78 is 17.9. The van der Waals surface area contributed by atoms with Crippen LogP contribution in [0, 0.1) is 5.82 Å². The highest BCUT2D eigenvalue weighted by atomic mass is 35.5. The van der Waals surface area contributed by atoms with Crippen LogP contribution in [0.25, 0.3) is 0 Å². The Kier molecular flexibility index (Phi) is 4.30. The van der Waals surface area contributed by atoms with Crippen LogP contribution in [0.1, 0.15) is 18.0 Å². The molecular formula is C17H14ClFN2O2. The molecule has 0 aromatic heterocycles. The minimum Gasteiger partial charge on any atom is -0.464 e. The standard InChI is InChI=1S/C17H14ClFN2O2/c1-23-17(22)15-10-16(11-2-6-13(19)7-3-11)21(20-15)14-8-4-12(18)5-9-14/h2-9,16H,10H2,1H3. The summed E-state index contributed by atoms with van der Waals surface area (Å²) in [7, 11) is 1.32. The van der Waals surface area contributed by atoms with Gasteiger partial charge in [-0.2, -0.15) is 5.10 Å². The third kappa shape index (κ3) is 3.19. The monoisotopic (exact) mass is 332 g/mol. The molecule has 1 atom stereocenters. The molecule has 118 valence electrons. The van der Waals surface area contributed by atoms with E-state index < -0.39 is 5.97 Å². The van der Waals surface area contributed by atoms with E-state index in [1.807, 2.05) is 12.1 Å². The summed E-state index contributed by atoms with van der Waals surface area (Å²) in [5, 5.41) is 6.72. The van der Waals surface area contributed by atoms with Gasteiger partial charge >= 0.3 is 5.97 Å². The van der Waals surface area contributed by atoms with Crippen LogP contribution in [0.2, 0.25) is 5.02 Å². The van der Waals surface area contributed by atoms with E-state index in [1.165, 1.54) is 19.2 Å². The van der Waals surface area contributed by atoms with E-state index in [0.29, 0.717) is 17.2 Å². The van der Waals surface area contributed by atoms with Gasteiger partial charge in [0.05, 0.1) is 18.8 Å². The third-order valence-electron chi connectivity index (χ3n) is 3.68. The van der Waals surface area contributed by atoms with Crippen molar-refractivity contribution >= 4 is 29.0 Å². The Morgan fingerprint density at radius 2 is 1.87 bits per heavy atom. The fraction of sp³-hybridized carbons (Fsp3) is 0.176. The van der Waals surface area contributed by atoms with Gasteiger partial charge in [0.1, 0.15) is 11.5 Å². The Labute approximate surface area is 138 Å². The minimum absolute atomic E-state index is 0.203. The second kappa shape index (κ2) is 6.38. The molecular weight excluding hydrogens is 319 g/mol. The first kappa shape index (κ1) is 15.5. The molecule has 1 heterocycles. The van der Waals surface area contributed by atoms with E-state index in [0.717, 1.165) is 11.3 Å². The number of hydrogen-bond donors (Lipinski definition) is 0. The van der Waals surface area contributed by atoms with Crippen molar-refractivity contribution in [3.05, 3.63) is 64.9 Å². The van der Waals surface area contributed by atoms with Gasteiger partial charge in [-0.1, -0.05) is 23.7 Å². The predicted octanol–water partition coefficient (Wildman–Crippen LogP) is 3.96. The number of methoxy groups -OCH3 is 1. The topological polar surface area (TPSA) is 41.9 Å². The molecule has 2 aromatic carbocycles. The molecule has 1 aliphatic heterocycles. The lowest BCUT2D eigenvalue weighted by atomic mass is 10.0. The average Bonchev–Trinajstić information content (AvgIpc) is 3.01. The molecule has 0 aliphatic carbocycles. The summed E-state index contributed by atoms with van der Waals surface area (Å²) >= 11 is 5.92. The maximum atomic E-state index is 13.2. The molecule has 0 saturated carbocycles. The van der Waals surface area contributed by atoms with Gasteiger partial charge in [-0.15, -0.1) is 0 Å². The summed E-state index contributed by atoms with van der Waals surface area (Å²) in [5.74, 6) is -0.771. The molecule has 0 saturated heterocycles. The highest BCUT2D eigenvalue weighted by molar-refractivity contribution is 6.37. The molecule has 0 radical (unpaired) electrons. The lowest BCUT2D eigenvalue weighted by Gasteiger charge is -2.24. The molecule has 0 N–H and O–H groups in total. The van der Waals surface area contributed by atoms with Crippen molar-refractivity contribution in [3.8, 4) is 0 Å². The second-order valence-corrected chi connectivity index (χ2v) is 5.57. The van der Waals surface area contributed by atoms with E-state index >= 15 is 0 Å². The summed E-state index contributed by atoms with van der Waals surface area (Å²) in [5.41, 5.74) is 1.99. The molecule has 1 unspecified atom stereocenters. The van der Waals surface area contributed by atoms with Crippen molar-refractivity contribution in [1.29, 1.82) is 0 Å². The number of hydrazone groups is 1. The van der Waals surface area contributed by atoms with Gasteiger partial charge in [-0.05, 0) is 42.0 Å². The summed E-state index contributed by atoms with van der Waals surface area (Å²) in [6.45, 7) is 0. The van der Waals surface area contributed by atoms with Gasteiger partial charge < -0.3 is 4.74 Å². The summed E-state index contributed by atoms with van der Waals surface area (Å²) in [6, 6.07) is 13.1. The van der Waals surface area contributed by atoms with Gasteiger partial charge in [0.2, 0.25) is 0 Å². The average molecular weight is 333 g/mol. The van der Waals surface area contributed by atoms with E-state index in [1.54, 1.807) is 29.3 Å². The SMILES string of the molecule is COC(=O)C1=NN(c2ccc(Cl)cc2)C(c2ccc(F)cc2)C1. The van der Waals surface area contributed by atoms with Crippen LogP contribution in [0.15, 0.2) is 53.6 Å². The molecule has 3 rings (SSSR count). The molecule has 0 bridgehead atoms. The molecule has 4 nitrogen and oxygen atoms in total. The number of benzene rings is 2. The first-order valence-electron chi connectivity index (χ1n) is 7.04. The maximum Gasteiger partial charge on any atom is 0.354 e. The molecule has 2 aromatic rings. The largest absolute Gasteiger partial charge is 0.464 e. The number of esters is 1. The number of rotatable bonds is 3. The van der Waals surface area contributed by atoms with Crippen LogP contribution in [0.4, 0.5) is 10.1 Å². The number of ether oxygens (including phenoxy) is 1. The Morgan fingerprint density at radius 3 is 2.48 bits per heavy atom. The van der Waals surface area contributed by atoms with E-state index in [2.05, 4.69) is 5.10 Å². The van der Waals surface area contributed by atoms with Gasteiger partial charge in [-0.3, -0.25) is 5.01 Å². The smallest absolute Gasteiger partial charge is 0.354 e. The Hall–Kier alpha value is -2.40. The predicted molar refractivity (Wildman–Crippen MR) is 87.1 cm³/mol. The fourth-order valence-corrected chi connectivity index (χ4v) is 2.65. The lowest BCUT2D eigenvalue weighted by molar-refractivity contribution is -0.132.